The van der Waals surface area contributed by atoms with Gasteiger partial charge in [0.05, 0.1) is 5.60 Å². The molecule has 0 aromatic rings. The van der Waals surface area contributed by atoms with E-state index in [1.165, 1.54) is 25.7 Å². The number of hydrogen-bond donors (Lipinski definition) is 1. The molecule has 1 aliphatic carbocycles. The van der Waals surface area contributed by atoms with E-state index in [4.69, 9.17) is 0 Å². The van der Waals surface area contributed by atoms with Crippen LogP contribution in [-0.2, 0) is 0 Å². The van der Waals surface area contributed by atoms with Crippen LogP contribution in [0.25, 0.3) is 0 Å². The van der Waals surface area contributed by atoms with Gasteiger partial charge in [-0.1, -0.05) is 45.8 Å². The van der Waals surface area contributed by atoms with Gasteiger partial charge in [0, 0.05) is 0 Å². The summed E-state index contributed by atoms with van der Waals surface area (Å²) in [6, 6.07) is 0. The molecule has 0 saturated heterocycles. The molecule has 0 aromatic carbocycles. The van der Waals surface area contributed by atoms with Gasteiger partial charge in [0.1, 0.15) is 0 Å². The lowest BCUT2D eigenvalue weighted by Crippen LogP contribution is -2.14. The highest BCUT2D eigenvalue weighted by Gasteiger charge is 2.48. The predicted octanol–water partition coefficient (Wildman–Crippen LogP) is 4.56. The molecule has 1 aliphatic rings. The fourth-order valence-corrected chi connectivity index (χ4v) is 2.69. The van der Waals surface area contributed by atoms with Crippen molar-refractivity contribution in [3.8, 4) is 0 Å². The zero-order chi connectivity index (χ0) is 13.1. The van der Waals surface area contributed by atoms with Crippen LogP contribution in [0.2, 0.25) is 0 Å². The molecule has 3 atom stereocenters. The average Bonchev–Trinajstić information content (AvgIpc) is 2.87. The molecule has 17 heavy (non-hydrogen) atoms. The Labute approximate surface area is 107 Å². The van der Waals surface area contributed by atoms with E-state index in [9.17, 15) is 5.11 Å². The number of aliphatic hydroxyl groups is 1. The molecule has 0 aliphatic heterocycles. The van der Waals surface area contributed by atoms with E-state index in [1.54, 1.807) is 0 Å². The van der Waals surface area contributed by atoms with Crippen molar-refractivity contribution in [3.05, 3.63) is 12.2 Å². The van der Waals surface area contributed by atoms with Gasteiger partial charge in [0.2, 0.25) is 0 Å². The van der Waals surface area contributed by atoms with Crippen molar-refractivity contribution in [1.29, 1.82) is 0 Å². The average molecular weight is 238 g/mol. The topological polar surface area (TPSA) is 20.2 Å². The molecule has 0 bridgehead atoms. The lowest BCUT2D eigenvalue weighted by Gasteiger charge is -2.16. The van der Waals surface area contributed by atoms with Gasteiger partial charge in [-0.3, -0.25) is 0 Å². The lowest BCUT2D eigenvalue weighted by atomic mass is 9.91. The molecule has 1 fully saturated rings. The molecule has 1 N–H and O–H groups in total. The number of allylic oxidation sites excluding steroid dienone is 1. The third-order valence-corrected chi connectivity index (χ3v) is 4.54. The second kappa shape index (κ2) is 5.56. The van der Waals surface area contributed by atoms with E-state index in [0.29, 0.717) is 5.41 Å². The highest BCUT2D eigenvalue weighted by Crippen LogP contribution is 2.57. The maximum absolute atomic E-state index is 9.63. The third-order valence-electron chi connectivity index (χ3n) is 4.54. The first-order chi connectivity index (χ1) is 7.80. The highest BCUT2D eigenvalue weighted by molar-refractivity contribution is 5.00. The first-order valence-corrected chi connectivity index (χ1v) is 7.21. The van der Waals surface area contributed by atoms with Gasteiger partial charge in [-0.25, -0.2) is 0 Å². The second-order valence-electron chi connectivity index (χ2n) is 6.71. The number of rotatable bonds is 7. The molecular weight excluding hydrogens is 208 g/mol. The van der Waals surface area contributed by atoms with Crippen molar-refractivity contribution in [3.63, 3.8) is 0 Å². The van der Waals surface area contributed by atoms with E-state index in [1.807, 2.05) is 19.9 Å². The van der Waals surface area contributed by atoms with E-state index >= 15 is 0 Å². The highest BCUT2D eigenvalue weighted by atomic mass is 16.3. The third kappa shape index (κ3) is 4.83. The Morgan fingerprint density at radius 1 is 1.41 bits per heavy atom. The minimum Gasteiger partial charge on any atom is -0.386 e. The first kappa shape index (κ1) is 14.8. The zero-order valence-electron chi connectivity index (χ0n) is 12.3. The summed E-state index contributed by atoms with van der Waals surface area (Å²) in [5.74, 6) is 1.75. The van der Waals surface area contributed by atoms with Crippen LogP contribution < -0.4 is 0 Å². The summed E-state index contributed by atoms with van der Waals surface area (Å²) >= 11 is 0. The molecule has 0 heterocycles. The van der Waals surface area contributed by atoms with Crippen LogP contribution in [0.3, 0.4) is 0 Å². The van der Waals surface area contributed by atoms with Crippen molar-refractivity contribution in [2.45, 2.75) is 72.3 Å². The SMILES string of the molecule is CCC(CC=CC(C)(C)O)CC1CC1(C)CC. The van der Waals surface area contributed by atoms with Crippen LogP contribution >= 0.6 is 0 Å². The van der Waals surface area contributed by atoms with Crippen LogP contribution in [-0.4, -0.2) is 10.7 Å². The Morgan fingerprint density at radius 2 is 2.06 bits per heavy atom. The van der Waals surface area contributed by atoms with Crippen molar-refractivity contribution in [2.24, 2.45) is 17.3 Å². The Hall–Kier alpha value is -0.300. The molecule has 1 rings (SSSR count). The Kier molecular flexibility index (Phi) is 4.83. The van der Waals surface area contributed by atoms with Crippen molar-refractivity contribution in [1.82, 2.24) is 0 Å². The largest absolute Gasteiger partial charge is 0.386 e. The molecule has 100 valence electrons. The Bertz CT molecular complexity index is 261. The smallest absolute Gasteiger partial charge is 0.0771 e. The molecule has 0 aromatic heterocycles. The summed E-state index contributed by atoms with van der Waals surface area (Å²) in [5, 5.41) is 9.63. The maximum Gasteiger partial charge on any atom is 0.0771 e. The van der Waals surface area contributed by atoms with E-state index in [-0.39, 0.29) is 0 Å². The van der Waals surface area contributed by atoms with Gasteiger partial charge >= 0.3 is 0 Å². The summed E-state index contributed by atoms with van der Waals surface area (Å²) in [7, 11) is 0. The van der Waals surface area contributed by atoms with Crippen molar-refractivity contribution < 1.29 is 5.11 Å². The summed E-state index contributed by atoms with van der Waals surface area (Å²) in [6.45, 7) is 10.7. The van der Waals surface area contributed by atoms with Crippen molar-refractivity contribution in [2.75, 3.05) is 0 Å². The molecule has 3 unspecified atom stereocenters. The fourth-order valence-electron chi connectivity index (χ4n) is 2.69. The fraction of sp³-hybridized carbons (Fsp3) is 0.875. The van der Waals surface area contributed by atoms with Crippen LogP contribution in [0.1, 0.15) is 66.7 Å². The summed E-state index contributed by atoms with van der Waals surface area (Å²) in [4.78, 5) is 0. The zero-order valence-corrected chi connectivity index (χ0v) is 12.3. The van der Waals surface area contributed by atoms with Gasteiger partial charge in [-0.2, -0.15) is 0 Å². The predicted molar refractivity (Wildman–Crippen MR) is 75.0 cm³/mol. The van der Waals surface area contributed by atoms with Gasteiger partial charge in [0.15, 0.2) is 0 Å². The molecule has 1 saturated carbocycles. The van der Waals surface area contributed by atoms with Gasteiger partial charge < -0.3 is 5.11 Å². The first-order valence-electron chi connectivity index (χ1n) is 7.21. The van der Waals surface area contributed by atoms with Crippen molar-refractivity contribution >= 4 is 0 Å². The van der Waals surface area contributed by atoms with Gasteiger partial charge in [0.25, 0.3) is 0 Å². The second-order valence-corrected chi connectivity index (χ2v) is 6.71. The Balaban J connectivity index is 2.33. The van der Waals surface area contributed by atoms with Crippen LogP contribution in [0.5, 0.6) is 0 Å². The minimum absolute atomic E-state index is 0.646. The monoisotopic (exact) mass is 238 g/mol. The standard InChI is InChI=1S/C16H30O/c1-6-13(9-8-10-15(3,4)17)11-14-12-16(14,5)7-2/h8,10,13-14,17H,6-7,9,11-12H2,1-5H3. The molecule has 0 amide bonds. The summed E-state index contributed by atoms with van der Waals surface area (Å²) in [6.07, 6.45) is 10.6. The molecule has 0 radical (unpaired) electrons. The van der Waals surface area contributed by atoms with Crippen LogP contribution in [0.4, 0.5) is 0 Å². The van der Waals surface area contributed by atoms with E-state index in [2.05, 4.69) is 26.8 Å². The molecule has 0 spiro atoms. The van der Waals surface area contributed by atoms with Crippen LogP contribution in [0.15, 0.2) is 12.2 Å². The maximum atomic E-state index is 9.63. The Morgan fingerprint density at radius 3 is 2.47 bits per heavy atom. The molecule has 1 heteroatoms. The summed E-state index contributed by atoms with van der Waals surface area (Å²) in [5.41, 5.74) is -0.0107. The summed E-state index contributed by atoms with van der Waals surface area (Å²) < 4.78 is 0. The molecule has 1 nitrogen and oxygen atoms in total. The van der Waals surface area contributed by atoms with Crippen LogP contribution in [0, 0.1) is 17.3 Å². The van der Waals surface area contributed by atoms with Gasteiger partial charge in [-0.05, 0) is 50.4 Å². The molecular formula is C16H30O. The van der Waals surface area contributed by atoms with E-state index in [0.717, 1.165) is 18.3 Å². The lowest BCUT2D eigenvalue weighted by molar-refractivity contribution is 0.132. The number of hydrogen-bond acceptors (Lipinski definition) is 1. The quantitative estimate of drug-likeness (QED) is 0.645. The normalized spacial score (nSPS) is 30.8. The minimum atomic E-state index is -0.657. The van der Waals surface area contributed by atoms with E-state index < -0.39 is 5.60 Å². The van der Waals surface area contributed by atoms with Gasteiger partial charge in [-0.15, -0.1) is 0 Å².